The Morgan fingerprint density at radius 2 is 1.85 bits per heavy atom. The lowest BCUT2D eigenvalue weighted by molar-refractivity contribution is 0.375. The van der Waals surface area contributed by atoms with E-state index in [0.717, 1.165) is 25.2 Å². The van der Waals surface area contributed by atoms with E-state index < -0.39 is 0 Å². The molecule has 0 saturated heterocycles. The molecule has 0 aliphatic heterocycles. The van der Waals surface area contributed by atoms with Crippen LogP contribution in [-0.4, -0.2) is 18.0 Å². The number of nitrogens with zero attached hydrogens (tertiary/aromatic N) is 1. The predicted molar refractivity (Wildman–Crippen MR) is 91.0 cm³/mol. The summed E-state index contributed by atoms with van der Waals surface area (Å²) in [6.45, 7) is 19.2. The van der Waals surface area contributed by atoms with Crippen molar-refractivity contribution in [3.05, 3.63) is 52.2 Å². The molecule has 0 aliphatic rings. The van der Waals surface area contributed by atoms with E-state index in [2.05, 4.69) is 71.2 Å². The predicted octanol–water partition coefficient (Wildman–Crippen LogP) is 5.26. The number of rotatable bonds is 6. The molecule has 0 spiro atoms. The van der Waals surface area contributed by atoms with Crippen LogP contribution in [0.15, 0.2) is 30.0 Å². The van der Waals surface area contributed by atoms with Gasteiger partial charge in [-0.1, -0.05) is 42.8 Å². The van der Waals surface area contributed by atoms with Crippen LogP contribution < -0.4 is 0 Å². The van der Waals surface area contributed by atoms with Gasteiger partial charge < -0.3 is 4.90 Å². The van der Waals surface area contributed by atoms with Gasteiger partial charge in [-0.2, -0.15) is 0 Å². The van der Waals surface area contributed by atoms with Crippen molar-refractivity contribution in [1.29, 1.82) is 0 Å². The van der Waals surface area contributed by atoms with Crippen molar-refractivity contribution in [3.63, 3.8) is 0 Å². The molecule has 0 amide bonds. The average molecular weight is 271 g/mol. The first-order valence-corrected chi connectivity index (χ1v) is 7.50. The monoisotopic (exact) mass is 271 g/mol. The molecule has 0 N–H and O–H groups in total. The van der Waals surface area contributed by atoms with Gasteiger partial charge in [0.1, 0.15) is 0 Å². The van der Waals surface area contributed by atoms with Crippen LogP contribution >= 0.6 is 0 Å². The largest absolute Gasteiger partial charge is 0.372 e. The molecule has 1 heteroatoms. The molecule has 0 radical (unpaired) electrons. The van der Waals surface area contributed by atoms with Crippen LogP contribution in [0.4, 0.5) is 0 Å². The van der Waals surface area contributed by atoms with Crippen LogP contribution in [0.1, 0.15) is 49.4 Å². The van der Waals surface area contributed by atoms with Crippen LogP contribution in [0.3, 0.4) is 0 Å². The van der Waals surface area contributed by atoms with Crippen molar-refractivity contribution in [3.8, 4) is 0 Å². The van der Waals surface area contributed by atoms with Crippen LogP contribution in [0, 0.1) is 20.8 Å². The van der Waals surface area contributed by atoms with Gasteiger partial charge in [0, 0.05) is 18.8 Å². The Hall–Kier alpha value is -1.50. The van der Waals surface area contributed by atoms with Gasteiger partial charge in [-0.25, -0.2) is 0 Å². The lowest BCUT2D eigenvalue weighted by atomic mass is 9.98. The maximum absolute atomic E-state index is 4.08. The first-order valence-electron chi connectivity index (χ1n) is 7.50. The minimum atomic E-state index is 0.968. The van der Waals surface area contributed by atoms with E-state index in [1.54, 1.807) is 0 Å². The molecule has 0 saturated carbocycles. The zero-order valence-corrected chi connectivity index (χ0v) is 14.0. The highest BCUT2D eigenvalue weighted by Gasteiger charge is 2.05. The van der Waals surface area contributed by atoms with Gasteiger partial charge in [-0.15, -0.1) is 0 Å². The Labute approximate surface area is 125 Å². The van der Waals surface area contributed by atoms with Crippen LogP contribution in [0.5, 0.6) is 0 Å². The summed E-state index contributed by atoms with van der Waals surface area (Å²) in [6, 6.07) is 4.52. The van der Waals surface area contributed by atoms with E-state index in [0.29, 0.717) is 0 Å². The topological polar surface area (TPSA) is 3.24 Å². The first-order chi connectivity index (χ1) is 9.35. The summed E-state index contributed by atoms with van der Waals surface area (Å²) in [6.07, 6.45) is 3.48. The van der Waals surface area contributed by atoms with Gasteiger partial charge in [0.15, 0.2) is 0 Å². The molecule has 0 aromatic heterocycles. The zero-order valence-electron chi connectivity index (χ0n) is 14.0. The van der Waals surface area contributed by atoms with Crippen molar-refractivity contribution in [2.24, 2.45) is 0 Å². The van der Waals surface area contributed by atoms with Gasteiger partial charge in [0.2, 0.25) is 0 Å². The lowest BCUT2D eigenvalue weighted by Crippen LogP contribution is -2.23. The number of benzene rings is 1. The maximum atomic E-state index is 4.08. The second-order valence-corrected chi connectivity index (χ2v) is 5.94. The fraction of sp³-hybridized carbons (Fsp3) is 0.474. The van der Waals surface area contributed by atoms with Gasteiger partial charge in [0.25, 0.3) is 0 Å². The Morgan fingerprint density at radius 3 is 2.40 bits per heavy atom. The molecule has 0 fully saturated rings. The molecular formula is C19H29N. The summed E-state index contributed by atoms with van der Waals surface area (Å²) in [4.78, 5) is 2.35. The van der Waals surface area contributed by atoms with Gasteiger partial charge in [0.05, 0.1) is 0 Å². The number of allylic oxidation sites excluding steroid dienone is 1. The molecule has 1 aromatic rings. The van der Waals surface area contributed by atoms with Crippen molar-refractivity contribution in [2.45, 2.75) is 48.0 Å². The third-order valence-electron chi connectivity index (χ3n) is 3.73. The average Bonchev–Trinajstić information content (AvgIpc) is 2.34. The van der Waals surface area contributed by atoms with Gasteiger partial charge in [-0.3, -0.25) is 0 Å². The summed E-state index contributed by atoms with van der Waals surface area (Å²) < 4.78 is 0. The third kappa shape index (κ3) is 4.56. The molecule has 1 nitrogen and oxygen atoms in total. The lowest BCUT2D eigenvalue weighted by Gasteiger charge is -2.24. The maximum Gasteiger partial charge on any atom is 0.0386 e. The Morgan fingerprint density at radius 1 is 1.20 bits per heavy atom. The minimum absolute atomic E-state index is 0.968. The SMILES string of the molecule is C=C(C)N(CCC)C/C(C)=C/c1cc(C)cc(C)c1C. The molecular weight excluding hydrogens is 242 g/mol. The molecule has 0 atom stereocenters. The normalized spacial score (nSPS) is 11.6. The van der Waals surface area contributed by atoms with Crippen molar-refractivity contribution in [2.75, 3.05) is 13.1 Å². The Kier molecular flexibility index (Phi) is 6.06. The molecule has 1 rings (SSSR count). The minimum Gasteiger partial charge on any atom is -0.372 e. The van der Waals surface area contributed by atoms with Crippen LogP contribution in [0.2, 0.25) is 0 Å². The summed E-state index contributed by atoms with van der Waals surface area (Å²) >= 11 is 0. The summed E-state index contributed by atoms with van der Waals surface area (Å²) in [5.41, 5.74) is 7.96. The highest BCUT2D eigenvalue weighted by molar-refractivity contribution is 5.59. The van der Waals surface area contributed by atoms with Crippen LogP contribution in [0.25, 0.3) is 6.08 Å². The third-order valence-corrected chi connectivity index (χ3v) is 3.73. The quantitative estimate of drug-likeness (QED) is 0.682. The number of hydrogen-bond acceptors (Lipinski definition) is 1. The Balaban J connectivity index is 2.96. The van der Waals surface area contributed by atoms with Gasteiger partial charge >= 0.3 is 0 Å². The number of hydrogen-bond donors (Lipinski definition) is 0. The highest BCUT2D eigenvalue weighted by atomic mass is 15.1. The standard InChI is InChI=1S/C19H29N/c1-8-9-20(14(2)3)13-16(5)12-19-11-15(4)10-17(6)18(19)7/h10-12H,2,8-9,13H2,1,3-7H3/b16-12+. The van der Waals surface area contributed by atoms with Crippen molar-refractivity contribution < 1.29 is 0 Å². The fourth-order valence-corrected chi connectivity index (χ4v) is 2.51. The van der Waals surface area contributed by atoms with E-state index in [1.165, 1.54) is 27.8 Å². The van der Waals surface area contributed by atoms with Crippen molar-refractivity contribution in [1.82, 2.24) is 4.90 Å². The molecule has 0 aliphatic carbocycles. The van der Waals surface area contributed by atoms with Crippen LogP contribution in [-0.2, 0) is 0 Å². The molecule has 0 heterocycles. The molecule has 110 valence electrons. The Bertz CT molecular complexity index is 509. The van der Waals surface area contributed by atoms with Crippen molar-refractivity contribution >= 4 is 6.08 Å². The smallest absolute Gasteiger partial charge is 0.0386 e. The van der Waals surface area contributed by atoms with E-state index in [4.69, 9.17) is 0 Å². The summed E-state index contributed by atoms with van der Waals surface area (Å²) in [5.74, 6) is 0. The second-order valence-electron chi connectivity index (χ2n) is 5.94. The zero-order chi connectivity index (χ0) is 15.3. The molecule has 1 aromatic carbocycles. The highest BCUT2D eigenvalue weighted by Crippen LogP contribution is 2.19. The molecule has 0 bridgehead atoms. The number of aryl methyl sites for hydroxylation is 2. The molecule has 0 unspecified atom stereocenters. The van der Waals surface area contributed by atoms with Gasteiger partial charge in [-0.05, 0) is 57.7 Å². The summed E-state index contributed by atoms with van der Waals surface area (Å²) in [7, 11) is 0. The second kappa shape index (κ2) is 7.33. The van der Waals surface area contributed by atoms with E-state index in [1.807, 2.05) is 0 Å². The fourth-order valence-electron chi connectivity index (χ4n) is 2.51. The van der Waals surface area contributed by atoms with E-state index in [9.17, 15) is 0 Å². The van der Waals surface area contributed by atoms with E-state index in [-0.39, 0.29) is 0 Å². The van der Waals surface area contributed by atoms with E-state index >= 15 is 0 Å². The summed E-state index contributed by atoms with van der Waals surface area (Å²) in [5, 5.41) is 0. The molecule has 20 heavy (non-hydrogen) atoms. The first kappa shape index (κ1) is 16.6.